The maximum absolute atomic E-state index is 11.5. The van der Waals surface area contributed by atoms with Gasteiger partial charge < -0.3 is 20.3 Å². The molecule has 1 rings (SSSR count). The number of esters is 1. The number of carbonyl (C=O) groups excluding carboxylic acids is 1. The lowest BCUT2D eigenvalue weighted by Crippen LogP contribution is -2.43. The van der Waals surface area contributed by atoms with Crippen molar-refractivity contribution in [3.8, 4) is 0 Å². The summed E-state index contributed by atoms with van der Waals surface area (Å²) in [5.74, 6) is -0.644. The Bertz CT molecular complexity index is 236. The van der Waals surface area contributed by atoms with Crippen LogP contribution >= 0.6 is 0 Å². The van der Waals surface area contributed by atoms with Gasteiger partial charge in [-0.3, -0.25) is 0 Å². The fourth-order valence-corrected chi connectivity index (χ4v) is 1.51. The van der Waals surface area contributed by atoms with E-state index >= 15 is 0 Å². The lowest BCUT2D eigenvalue weighted by molar-refractivity contribution is -0.166. The molecule has 0 aliphatic carbocycles. The van der Waals surface area contributed by atoms with Gasteiger partial charge in [-0.2, -0.15) is 0 Å². The zero-order valence-electron chi connectivity index (χ0n) is 9.36. The van der Waals surface area contributed by atoms with Crippen LogP contribution in [0.1, 0.15) is 27.2 Å². The van der Waals surface area contributed by atoms with Crippen LogP contribution in [0.15, 0.2) is 0 Å². The maximum atomic E-state index is 11.5. The number of ether oxygens (including phenoxy) is 1. The molecular formula is C10H19NO4. The molecule has 0 aromatic heterocycles. The Morgan fingerprint density at radius 3 is 2.53 bits per heavy atom. The predicted molar refractivity (Wildman–Crippen MR) is 54.3 cm³/mol. The molecule has 1 fully saturated rings. The van der Waals surface area contributed by atoms with Crippen LogP contribution in [-0.2, 0) is 9.53 Å². The summed E-state index contributed by atoms with van der Waals surface area (Å²) < 4.78 is 5.04. The molecule has 0 saturated carbocycles. The first-order valence-corrected chi connectivity index (χ1v) is 5.12. The molecule has 3 N–H and O–H groups in total. The molecule has 1 heterocycles. The van der Waals surface area contributed by atoms with E-state index < -0.39 is 29.8 Å². The van der Waals surface area contributed by atoms with Crippen LogP contribution in [0.25, 0.3) is 0 Å². The van der Waals surface area contributed by atoms with E-state index in [0.29, 0.717) is 13.0 Å². The van der Waals surface area contributed by atoms with Crippen molar-refractivity contribution in [1.82, 2.24) is 5.32 Å². The number of nitrogens with one attached hydrogen (secondary N) is 1. The molecule has 5 heteroatoms. The van der Waals surface area contributed by atoms with E-state index in [1.54, 1.807) is 20.8 Å². The lowest BCUT2D eigenvalue weighted by Gasteiger charge is -2.24. The molecule has 0 unspecified atom stereocenters. The molecule has 1 aliphatic heterocycles. The van der Waals surface area contributed by atoms with Gasteiger partial charge in [0, 0.05) is 12.6 Å². The highest BCUT2D eigenvalue weighted by atomic mass is 16.6. The lowest BCUT2D eigenvalue weighted by atomic mass is 10.1. The van der Waals surface area contributed by atoms with Gasteiger partial charge in [-0.05, 0) is 27.2 Å². The van der Waals surface area contributed by atoms with E-state index in [2.05, 4.69) is 5.32 Å². The molecule has 0 bridgehead atoms. The second-order valence-electron chi connectivity index (χ2n) is 4.88. The van der Waals surface area contributed by atoms with Gasteiger partial charge in [0.05, 0.1) is 6.10 Å². The van der Waals surface area contributed by atoms with Gasteiger partial charge in [0.25, 0.3) is 0 Å². The standard InChI is InChI=1S/C10H19NO4/c1-10(2,3)15-9(14)8(13)7-4-6(12)5-11-7/h6-8,11-13H,4-5H2,1-3H3/t6-,7+,8+/m1/s1. The molecule has 0 aromatic carbocycles. The minimum atomic E-state index is -1.21. The van der Waals surface area contributed by atoms with Crippen molar-refractivity contribution in [3.63, 3.8) is 0 Å². The van der Waals surface area contributed by atoms with Crippen LogP contribution in [0.3, 0.4) is 0 Å². The molecular weight excluding hydrogens is 198 g/mol. The van der Waals surface area contributed by atoms with Gasteiger partial charge >= 0.3 is 5.97 Å². The molecule has 0 radical (unpaired) electrons. The first-order valence-electron chi connectivity index (χ1n) is 5.12. The van der Waals surface area contributed by atoms with Gasteiger partial charge in [-0.25, -0.2) is 4.79 Å². The highest BCUT2D eigenvalue weighted by Gasteiger charge is 2.34. The number of hydrogen-bond donors (Lipinski definition) is 3. The van der Waals surface area contributed by atoms with Gasteiger partial charge in [-0.15, -0.1) is 0 Å². The first-order chi connectivity index (χ1) is 6.79. The third-order valence-corrected chi connectivity index (χ3v) is 2.17. The Morgan fingerprint density at radius 2 is 2.13 bits per heavy atom. The minimum Gasteiger partial charge on any atom is -0.458 e. The monoisotopic (exact) mass is 217 g/mol. The van der Waals surface area contributed by atoms with Gasteiger partial charge in [-0.1, -0.05) is 0 Å². The van der Waals surface area contributed by atoms with Crippen molar-refractivity contribution in [2.24, 2.45) is 0 Å². The van der Waals surface area contributed by atoms with E-state index in [-0.39, 0.29) is 0 Å². The van der Waals surface area contributed by atoms with Crippen LogP contribution in [0, 0.1) is 0 Å². The predicted octanol–water partition coefficient (Wildman–Crippen LogP) is -0.588. The Kier molecular flexibility index (Phi) is 3.70. The van der Waals surface area contributed by atoms with E-state index in [4.69, 9.17) is 4.74 Å². The molecule has 0 aromatic rings. The van der Waals surface area contributed by atoms with E-state index in [9.17, 15) is 15.0 Å². The first kappa shape index (κ1) is 12.4. The molecule has 88 valence electrons. The van der Waals surface area contributed by atoms with Crippen LogP contribution in [0.2, 0.25) is 0 Å². The highest BCUT2D eigenvalue weighted by molar-refractivity contribution is 5.75. The number of carbonyl (C=O) groups is 1. The zero-order chi connectivity index (χ0) is 11.6. The van der Waals surface area contributed by atoms with Crippen molar-refractivity contribution in [2.45, 2.75) is 51.0 Å². The smallest absolute Gasteiger partial charge is 0.337 e. The highest BCUT2D eigenvalue weighted by Crippen LogP contribution is 2.14. The topological polar surface area (TPSA) is 78.8 Å². The average Bonchev–Trinajstić information content (AvgIpc) is 2.47. The summed E-state index contributed by atoms with van der Waals surface area (Å²) in [5, 5.41) is 21.8. The Morgan fingerprint density at radius 1 is 1.53 bits per heavy atom. The van der Waals surface area contributed by atoms with Crippen molar-refractivity contribution in [2.75, 3.05) is 6.54 Å². The summed E-state index contributed by atoms with van der Waals surface area (Å²) >= 11 is 0. The fraction of sp³-hybridized carbons (Fsp3) is 0.900. The summed E-state index contributed by atoms with van der Waals surface area (Å²) in [5.41, 5.74) is -0.602. The average molecular weight is 217 g/mol. The van der Waals surface area contributed by atoms with Crippen molar-refractivity contribution in [1.29, 1.82) is 0 Å². The molecule has 1 aliphatic rings. The fourth-order valence-electron chi connectivity index (χ4n) is 1.51. The molecule has 1 saturated heterocycles. The maximum Gasteiger partial charge on any atom is 0.337 e. The second-order valence-corrected chi connectivity index (χ2v) is 4.88. The number of hydrogen-bond acceptors (Lipinski definition) is 5. The third kappa shape index (κ3) is 3.77. The molecule has 0 spiro atoms. The number of aliphatic hydroxyl groups is 2. The molecule has 3 atom stereocenters. The Hall–Kier alpha value is -0.650. The number of β-amino-alcohol motifs (C(OH)–C–C–N with tert-alkyl or cyclic N) is 1. The number of rotatable bonds is 2. The van der Waals surface area contributed by atoms with Crippen LogP contribution in [-0.4, -0.2) is 46.6 Å². The second kappa shape index (κ2) is 4.47. The van der Waals surface area contributed by atoms with Crippen molar-refractivity contribution in [3.05, 3.63) is 0 Å². The normalized spacial score (nSPS) is 28.9. The SMILES string of the molecule is CC(C)(C)OC(=O)[C@@H](O)[C@@H]1C[C@@H](O)CN1. The third-order valence-electron chi connectivity index (χ3n) is 2.17. The van der Waals surface area contributed by atoms with Crippen molar-refractivity contribution < 1.29 is 19.7 Å². The van der Waals surface area contributed by atoms with Gasteiger partial charge in [0.1, 0.15) is 5.60 Å². The van der Waals surface area contributed by atoms with E-state index in [0.717, 1.165) is 0 Å². The summed E-state index contributed by atoms with van der Waals surface area (Å²) in [6.07, 6.45) is -1.33. The van der Waals surface area contributed by atoms with E-state index in [1.165, 1.54) is 0 Å². The van der Waals surface area contributed by atoms with Crippen LogP contribution in [0.4, 0.5) is 0 Å². The zero-order valence-corrected chi connectivity index (χ0v) is 9.36. The van der Waals surface area contributed by atoms with Gasteiger partial charge in [0.2, 0.25) is 0 Å². The van der Waals surface area contributed by atoms with Crippen molar-refractivity contribution >= 4 is 5.97 Å². The summed E-state index contributed by atoms with van der Waals surface area (Å²) in [7, 11) is 0. The number of aliphatic hydroxyl groups excluding tert-OH is 2. The van der Waals surface area contributed by atoms with E-state index in [1.807, 2.05) is 0 Å². The molecule has 15 heavy (non-hydrogen) atoms. The summed E-state index contributed by atoms with van der Waals surface area (Å²) in [6, 6.07) is -0.408. The largest absolute Gasteiger partial charge is 0.458 e. The summed E-state index contributed by atoms with van der Waals surface area (Å²) in [6.45, 7) is 5.64. The molecule has 0 amide bonds. The van der Waals surface area contributed by atoms with Crippen LogP contribution in [0.5, 0.6) is 0 Å². The summed E-state index contributed by atoms with van der Waals surface area (Å²) in [4.78, 5) is 11.5. The van der Waals surface area contributed by atoms with Crippen LogP contribution < -0.4 is 5.32 Å². The van der Waals surface area contributed by atoms with Gasteiger partial charge in [0.15, 0.2) is 6.10 Å². The Labute approximate surface area is 89.4 Å². The quantitative estimate of drug-likeness (QED) is 0.539. The molecule has 5 nitrogen and oxygen atoms in total. The Balaban J connectivity index is 2.46. The minimum absolute atomic E-state index is 0.375.